The topological polar surface area (TPSA) is 84.8 Å². The van der Waals surface area contributed by atoms with Gasteiger partial charge in [0.25, 0.3) is 15.6 Å². The molecule has 0 atom stereocenters. The standard InChI is InChI=1S/C8H7N3O3S/c12-7-3-4-8(10-9-7)15(13,14)11-5-1-2-6-11/h1-6H,(H,9,12). The Hall–Kier alpha value is -1.89. The number of nitrogens with one attached hydrogen (secondary N) is 1. The molecule has 0 aliphatic carbocycles. The molecule has 0 amide bonds. The molecule has 1 N–H and O–H groups in total. The van der Waals surface area contributed by atoms with Gasteiger partial charge < -0.3 is 0 Å². The number of aromatic amines is 1. The number of hydrogen-bond donors (Lipinski definition) is 1. The molecule has 7 heteroatoms. The summed E-state index contributed by atoms with van der Waals surface area (Å²) in [6, 6.07) is 5.45. The van der Waals surface area contributed by atoms with Gasteiger partial charge >= 0.3 is 0 Å². The Morgan fingerprint density at radius 2 is 1.87 bits per heavy atom. The van der Waals surface area contributed by atoms with E-state index in [0.717, 1.165) is 16.1 Å². The van der Waals surface area contributed by atoms with Gasteiger partial charge in [0, 0.05) is 18.5 Å². The highest BCUT2D eigenvalue weighted by molar-refractivity contribution is 7.89. The predicted molar refractivity (Wildman–Crippen MR) is 51.9 cm³/mol. The van der Waals surface area contributed by atoms with E-state index >= 15 is 0 Å². The number of rotatable bonds is 2. The molecule has 2 rings (SSSR count). The monoisotopic (exact) mass is 225 g/mol. The summed E-state index contributed by atoms with van der Waals surface area (Å²) in [7, 11) is -3.68. The normalized spacial score (nSPS) is 11.5. The second-order valence-corrected chi connectivity index (χ2v) is 4.57. The van der Waals surface area contributed by atoms with Crippen molar-refractivity contribution in [1.29, 1.82) is 0 Å². The minimum absolute atomic E-state index is 0.196. The molecular formula is C8H7N3O3S. The Morgan fingerprint density at radius 1 is 1.20 bits per heavy atom. The average molecular weight is 225 g/mol. The van der Waals surface area contributed by atoms with Gasteiger partial charge in [-0.25, -0.2) is 9.07 Å². The van der Waals surface area contributed by atoms with E-state index in [2.05, 4.69) is 10.2 Å². The Balaban J connectivity index is 2.57. The van der Waals surface area contributed by atoms with E-state index < -0.39 is 15.6 Å². The largest absolute Gasteiger partial charge is 0.286 e. The van der Waals surface area contributed by atoms with Crippen molar-refractivity contribution in [2.75, 3.05) is 0 Å². The van der Waals surface area contributed by atoms with Gasteiger partial charge in [0.2, 0.25) is 0 Å². The Labute approximate surface area is 85.2 Å². The zero-order valence-corrected chi connectivity index (χ0v) is 8.31. The van der Waals surface area contributed by atoms with E-state index in [1.165, 1.54) is 12.4 Å². The lowest BCUT2D eigenvalue weighted by atomic mass is 10.6. The summed E-state index contributed by atoms with van der Waals surface area (Å²) in [6.07, 6.45) is 2.78. The minimum Gasteiger partial charge on any atom is -0.268 e. The third-order valence-corrected chi connectivity index (χ3v) is 3.33. The van der Waals surface area contributed by atoms with Crippen molar-refractivity contribution in [3.63, 3.8) is 0 Å². The molecule has 2 aromatic heterocycles. The molecule has 15 heavy (non-hydrogen) atoms. The number of H-pyrrole nitrogens is 1. The zero-order chi connectivity index (χ0) is 10.9. The van der Waals surface area contributed by atoms with E-state index in [1.807, 2.05) is 0 Å². The maximum absolute atomic E-state index is 11.8. The molecule has 0 fully saturated rings. The van der Waals surface area contributed by atoms with Crippen molar-refractivity contribution in [2.45, 2.75) is 5.03 Å². The first-order valence-corrected chi connectivity index (χ1v) is 5.49. The van der Waals surface area contributed by atoms with Crippen molar-refractivity contribution < 1.29 is 8.42 Å². The van der Waals surface area contributed by atoms with Gasteiger partial charge in [-0.05, 0) is 18.2 Å². The molecule has 0 unspecified atom stereocenters. The number of nitrogens with zero attached hydrogens (tertiary/aromatic N) is 2. The van der Waals surface area contributed by atoms with E-state index in [4.69, 9.17) is 0 Å². The van der Waals surface area contributed by atoms with Crippen LogP contribution < -0.4 is 5.56 Å². The summed E-state index contributed by atoms with van der Waals surface area (Å²) < 4.78 is 24.6. The highest BCUT2D eigenvalue weighted by atomic mass is 32.2. The van der Waals surface area contributed by atoms with Gasteiger partial charge in [-0.3, -0.25) is 4.79 Å². The second kappa shape index (κ2) is 3.35. The molecule has 0 radical (unpaired) electrons. The van der Waals surface area contributed by atoms with E-state index in [-0.39, 0.29) is 5.03 Å². The van der Waals surface area contributed by atoms with Gasteiger partial charge in [0.1, 0.15) is 0 Å². The first-order valence-electron chi connectivity index (χ1n) is 4.05. The van der Waals surface area contributed by atoms with Crippen LogP contribution in [0.5, 0.6) is 0 Å². The van der Waals surface area contributed by atoms with Crippen LogP contribution in [0.15, 0.2) is 46.5 Å². The number of hydrogen-bond acceptors (Lipinski definition) is 4. The van der Waals surface area contributed by atoms with Crippen LogP contribution in [0.25, 0.3) is 0 Å². The Morgan fingerprint density at radius 3 is 2.40 bits per heavy atom. The predicted octanol–water partition coefficient (Wildman–Crippen LogP) is -0.192. The second-order valence-electron chi connectivity index (χ2n) is 2.78. The lowest BCUT2D eigenvalue weighted by Gasteiger charge is -2.02. The highest BCUT2D eigenvalue weighted by Gasteiger charge is 2.16. The van der Waals surface area contributed by atoms with Crippen LogP contribution in [0.3, 0.4) is 0 Å². The van der Waals surface area contributed by atoms with Crippen LogP contribution in [-0.2, 0) is 10.0 Å². The van der Waals surface area contributed by atoms with Crippen LogP contribution in [0, 0.1) is 0 Å². The summed E-state index contributed by atoms with van der Waals surface area (Å²) in [5, 5.41) is 5.33. The van der Waals surface area contributed by atoms with Crippen molar-refractivity contribution in [3.05, 3.63) is 47.0 Å². The molecule has 0 saturated heterocycles. The Kier molecular flexibility index (Phi) is 2.16. The van der Waals surface area contributed by atoms with Crippen LogP contribution in [0.4, 0.5) is 0 Å². The fourth-order valence-electron chi connectivity index (χ4n) is 1.06. The summed E-state index contributed by atoms with van der Waals surface area (Å²) in [5.74, 6) is 0. The van der Waals surface area contributed by atoms with Crippen molar-refractivity contribution >= 4 is 10.0 Å². The Bertz CT molecular complexity index is 592. The summed E-state index contributed by atoms with van der Waals surface area (Å²) in [6.45, 7) is 0. The highest BCUT2D eigenvalue weighted by Crippen LogP contribution is 2.07. The van der Waals surface area contributed by atoms with Gasteiger partial charge in [-0.15, -0.1) is 0 Å². The molecule has 0 aliphatic rings. The van der Waals surface area contributed by atoms with Gasteiger partial charge in [-0.1, -0.05) is 0 Å². The fourth-order valence-corrected chi connectivity index (χ4v) is 2.14. The molecule has 0 spiro atoms. The minimum atomic E-state index is -3.68. The molecule has 0 bridgehead atoms. The van der Waals surface area contributed by atoms with Crippen LogP contribution >= 0.6 is 0 Å². The smallest absolute Gasteiger partial charge is 0.268 e. The summed E-state index contributed by atoms with van der Waals surface area (Å²) >= 11 is 0. The average Bonchev–Trinajstić information content (AvgIpc) is 2.71. The molecule has 2 heterocycles. The maximum Gasteiger partial charge on any atom is 0.286 e. The summed E-state index contributed by atoms with van der Waals surface area (Å²) in [4.78, 5) is 10.7. The van der Waals surface area contributed by atoms with Crippen molar-refractivity contribution in [3.8, 4) is 0 Å². The van der Waals surface area contributed by atoms with Crippen LogP contribution in [0.2, 0.25) is 0 Å². The van der Waals surface area contributed by atoms with E-state index in [9.17, 15) is 13.2 Å². The lowest BCUT2D eigenvalue weighted by Crippen LogP contribution is -2.16. The van der Waals surface area contributed by atoms with Gasteiger partial charge in [-0.2, -0.15) is 13.5 Å². The third-order valence-electron chi connectivity index (χ3n) is 1.77. The van der Waals surface area contributed by atoms with Crippen molar-refractivity contribution in [1.82, 2.24) is 14.2 Å². The summed E-state index contributed by atoms with van der Waals surface area (Å²) in [5.41, 5.74) is -0.443. The van der Waals surface area contributed by atoms with Gasteiger partial charge in [0.05, 0.1) is 0 Å². The molecular weight excluding hydrogens is 218 g/mol. The number of aromatic nitrogens is 3. The fraction of sp³-hybridized carbons (Fsp3) is 0. The van der Waals surface area contributed by atoms with E-state index in [0.29, 0.717) is 0 Å². The van der Waals surface area contributed by atoms with Crippen LogP contribution in [0.1, 0.15) is 0 Å². The van der Waals surface area contributed by atoms with E-state index in [1.54, 1.807) is 12.1 Å². The molecule has 78 valence electrons. The molecule has 6 nitrogen and oxygen atoms in total. The molecule has 0 aromatic carbocycles. The van der Waals surface area contributed by atoms with Crippen molar-refractivity contribution in [2.24, 2.45) is 0 Å². The first kappa shape index (κ1) is 9.66. The van der Waals surface area contributed by atoms with Crippen LogP contribution in [-0.4, -0.2) is 22.6 Å². The molecule has 0 saturated carbocycles. The first-order chi connectivity index (χ1) is 7.10. The quantitative estimate of drug-likeness (QED) is 0.767. The zero-order valence-electron chi connectivity index (χ0n) is 7.49. The van der Waals surface area contributed by atoms with Gasteiger partial charge in [0.15, 0.2) is 5.03 Å². The lowest BCUT2D eigenvalue weighted by molar-refractivity contribution is 0.581. The SMILES string of the molecule is O=c1ccc(S(=O)(=O)n2cccc2)n[nH]1. The molecule has 0 aliphatic heterocycles. The maximum atomic E-state index is 11.8. The molecule has 2 aromatic rings. The third kappa shape index (κ3) is 1.68.